The first-order chi connectivity index (χ1) is 8.78. The second-order valence-electron chi connectivity index (χ2n) is 3.93. The first-order valence-corrected chi connectivity index (χ1v) is 7.21. The highest BCUT2D eigenvalue weighted by Gasteiger charge is 2.10. The van der Waals surface area contributed by atoms with Crippen LogP contribution >= 0.6 is 34.5 Å². The summed E-state index contributed by atoms with van der Waals surface area (Å²) in [6, 6.07) is 13.9. The molecule has 0 fully saturated rings. The van der Waals surface area contributed by atoms with E-state index in [1.165, 1.54) is 0 Å². The summed E-state index contributed by atoms with van der Waals surface area (Å²) in [7, 11) is 0. The van der Waals surface area contributed by atoms with Crippen molar-refractivity contribution in [2.45, 2.75) is 5.88 Å². The van der Waals surface area contributed by atoms with Crippen molar-refractivity contribution in [3.05, 3.63) is 53.1 Å². The molecule has 0 atom stereocenters. The summed E-state index contributed by atoms with van der Waals surface area (Å²) in [5, 5.41) is 1.68. The van der Waals surface area contributed by atoms with Crippen LogP contribution in [0.3, 0.4) is 0 Å². The molecule has 18 heavy (non-hydrogen) atoms. The Morgan fingerprint density at radius 3 is 2.61 bits per heavy atom. The van der Waals surface area contributed by atoms with Crippen molar-refractivity contribution in [3.8, 4) is 10.6 Å². The Labute approximate surface area is 119 Å². The fourth-order valence-corrected chi connectivity index (χ4v) is 3.46. The summed E-state index contributed by atoms with van der Waals surface area (Å²) in [5.41, 5.74) is 3.08. The zero-order chi connectivity index (χ0) is 12.5. The van der Waals surface area contributed by atoms with Crippen LogP contribution in [0, 0.1) is 0 Å². The Balaban J connectivity index is 2.23. The van der Waals surface area contributed by atoms with Crippen molar-refractivity contribution in [2.24, 2.45) is 0 Å². The fraction of sp³-hybridized carbons (Fsp3) is 0.0714. The van der Waals surface area contributed by atoms with Gasteiger partial charge in [0.1, 0.15) is 5.01 Å². The Hall–Kier alpha value is -1.09. The highest BCUT2D eigenvalue weighted by Crippen LogP contribution is 2.34. The van der Waals surface area contributed by atoms with Crippen LogP contribution in [0.1, 0.15) is 5.56 Å². The molecule has 90 valence electrons. The lowest BCUT2D eigenvalue weighted by Crippen LogP contribution is -1.79. The van der Waals surface area contributed by atoms with Crippen LogP contribution in [-0.2, 0) is 5.88 Å². The molecule has 0 amide bonds. The van der Waals surface area contributed by atoms with Crippen LogP contribution in [0.15, 0.2) is 42.5 Å². The third-order valence-electron chi connectivity index (χ3n) is 2.70. The van der Waals surface area contributed by atoms with E-state index in [1.807, 2.05) is 30.3 Å². The highest BCUT2D eigenvalue weighted by molar-refractivity contribution is 7.21. The smallest absolute Gasteiger partial charge is 0.124 e. The minimum absolute atomic E-state index is 0.452. The van der Waals surface area contributed by atoms with E-state index in [2.05, 4.69) is 17.1 Å². The maximum Gasteiger partial charge on any atom is 0.124 e. The predicted octanol–water partition coefficient (Wildman–Crippen LogP) is 5.36. The molecule has 0 saturated carbocycles. The number of nitrogens with zero attached hydrogens (tertiary/aromatic N) is 1. The molecule has 0 saturated heterocycles. The average molecular weight is 294 g/mol. The van der Waals surface area contributed by atoms with E-state index in [4.69, 9.17) is 23.2 Å². The van der Waals surface area contributed by atoms with Gasteiger partial charge in [0.15, 0.2) is 0 Å². The van der Waals surface area contributed by atoms with Crippen molar-refractivity contribution in [3.63, 3.8) is 0 Å². The van der Waals surface area contributed by atoms with Gasteiger partial charge in [-0.15, -0.1) is 22.9 Å². The molecular weight excluding hydrogens is 285 g/mol. The quantitative estimate of drug-likeness (QED) is 0.580. The minimum atomic E-state index is 0.452. The number of fused-ring (bicyclic) bond motifs is 1. The Bertz CT molecular complexity index is 692. The van der Waals surface area contributed by atoms with Gasteiger partial charge in [0.25, 0.3) is 0 Å². The number of halogens is 2. The molecule has 2 aromatic carbocycles. The maximum atomic E-state index is 6.06. The number of thiazole rings is 1. The van der Waals surface area contributed by atoms with Crippen molar-refractivity contribution in [2.75, 3.05) is 0 Å². The number of benzene rings is 2. The summed E-state index contributed by atoms with van der Waals surface area (Å²) >= 11 is 13.7. The first-order valence-electron chi connectivity index (χ1n) is 5.48. The molecule has 0 spiro atoms. The van der Waals surface area contributed by atoms with Gasteiger partial charge < -0.3 is 0 Å². The van der Waals surface area contributed by atoms with E-state index in [0.29, 0.717) is 10.9 Å². The summed E-state index contributed by atoms with van der Waals surface area (Å²) in [5.74, 6) is 0.452. The minimum Gasteiger partial charge on any atom is -0.236 e. The van der Waals surface area contributed by atoms with E-state index in [1.54, 1.807) is 11.3 Å². The second kappa shape index (κ2) is 4.88. The van der Waals surface area contributed by atoms with Gasteiger partial charge in [-0.3, -0.25) is 0 Å². The molecule has 0 N–H and O–H groups in total. The fourth-order valence-electron chi connectivity index (χ4n) is 1.87. The van der Waals surface area contributed by atoms with Crippen molar-refractivity contribution < 1.29 is 0 Å². The van der Waals surface area contributed by atoms with Crippen LogP contribution in [0.4, 0.5) is 0 Å². The number of hydrogen-bond donors (Lipinski definition) is 0. The molecule has 1 aromatic heterocycles. The molecule has 1 nitrogen and oxygen atoms in total. The molecule has 3 rings (SSSR count). The lowest BCUT2D eigenvalue weighted by Gasteiger charge is -1.97. The molecule has 0 bridgehead atoms. The molecule has 0 unspecified atom stereocenters. The average Bonchev–Trinajstić information content (AvgIpc) is 2.82. The van der Waals surface area contributed by atoms with Gasteiger partial charge >= 0.3 is 0 Å². The lowest BCUT2D eigenvalue weighted by atomic mass is 10.2. The van der Waals surface area contributed by atoms with Crippen LogP contribution in [0.5, 0.6) is 0 Å². The standard InChI is InChI=1S/C14H9Cl2NS/c15-8-10-6-11(16)7-12-13(10)18-14(17-12)9-4-2-1-3-5-9/h1-7H,8H2. The monoisotopic (exact) mass is 293 g/mol. The molecule has 4 heteroatoms. The zero-order valence-corrected chi connectivity index (χ0v) is 11.7. The Kier molecular flexibility index (Phi) is 3.25. The third kappa shape index (κ3) is 2.12. The lowest BCUT2D eigenvalue weighted by molar-refractivity contribution is 1.43. The topological polar surface area (TPSA) is 12.9 Å². The molecule has 0 aliphatic heterocycles. The van der Waals surface area contributed by atoms with Gasteiger partial charge in [0.2, 0.25) is 0 Å². The van der Waals surface area contributed by atoms with Crippen LogP contribution in [0.2, 0.25) is 5.02 Å². The molecule has 3 aromatic rings. The molecule has 0 aliphatic rings. The number of alkyl halides is 1. The third-order valence-corrected chi connectivity index (χ3v) is 4.40. The van der Waals surface area contributed by atoms with Crippen LogP contribution in [0.25, 0.3) is 20.8 Å². The predicted molar refractivity (Wildman–Crippen MR) is 79.6 cm³/mol. The Morgan fingerprint density at radius 2 is 1.89 bits per heavy atom. The Morgan fingerprint density at radius 1 is 1.11 bits per heavy atom. The van der Waals surface area contributed by atoms with Crippen molar-refractivity contribution in [1.82, 2.24) is 4.98 Å². The summed E-state index contributed by atoms with van der Waals surface area (Å²) in [4.78, 5) is 4.63. The maximum absolute atomic E-state index is 6.06. The van der Waals surface area contributed by atoms with Crippen LogP contribution < -0.4 is 0 Å². The van der Waals surface area contributed by atoms with Crippen LogP contribution in [-0.4, -0.2) is 4.98 Å². The largest absolute Gasteiger partial charge is 0.236 e. The van der Waals surface area contributed by atoms with Gasteiger partial charge in [-0.05, 0) is 17.7 Å². The number of aromatic nitrogens is 1. The summed E-state index contributed by atoms with van der Waals surface area (Å²) in [6.07, 6.45) is 0. The summed E-state index contributed by atoms with van der Waals surface area (Å²) in [6.45, 7) is 0. The second-order valence-corrected chi connectivity index (χ2v) is 5.63. The van der Waals surface area contributed by atoms with Crippen molar-refractivity contribution in [1.29, 1.82) is 0 Å². The van der Waals surface area contributed by atoms with E-state index in [0.717, 1.165) is 26.4 Å². The normalized spacial score (nSPS) is 11.0. The highest BCUT2D eigenvalue weighted by atomic mass is 35.5. The molecular formula is C14H9Cl2NS. The molecule has 0 aliphatic carbocycles. The van der Waals surface area contributed by atoms with Gasteiger partial charge in [-0.1, -0.05) is 41.9 Å². The molecule has 0 radical (unpaired) electrons. The van der Waals surface area contributed by atoms with E-state index in [-0.39, 0.29) is 0 Å². The number of hydrogen-bond acceptors (Lipinski definition) is 2. The van der Waals surface area contributed by atoms with Gasteiger partial charge in [-0.25, -0.2) is 4.98 Å². The van der Waals surface area contributed by atoms with Gasteiger partial charge in [-0.2, -0.15) is 0 Å². The first kappa shape index (κ1) is 12.0. The summed E-state index contributed by atoms with van der Waals surface area (Å²) < 4.78 is 1.12. The van der Waals surface area contributed by atoms with Gasteiger partial charge in [0, 0.05) is 16.5 Å². The van der Waals surface area contributed by atoms with Crippen molar-refractivity contribution >= 4 is 44.8 Å². The molecule has 1 heterocycles. The SMILES string of the molecule is ClCc1cc(Cl)cc2nc(-c3ccccc3)sc12. The van der Waals surface area contributed by atoms with E-state index in [9.17, 15) is 0 Å². The van der Waals surface area contributed by atoms with Gasteiger partial charge in [0.05, 0.1) is 10.2 Å². The zero-order valence-electron chi connectivity index (χ0n) is 9.36. The van der Waals surface area contributed by atoms with E-state index < -0.39 is 0 Å². The van der Waals surface area contributed by atoms with E-state index >= 15 is 0 Å². The number of rotatable bonds is 2.